The van der Waals surface area contributed by atoms with Gasteiger partial charge in [0.05, 0.1) is 26.6 Å². The first-order valence-electron chi connectivity index (χ1n) is 11.2. The van der Waals surface area contributed by atoms with Crippen LogP contribution in [0.1, 0.15) is 36.5 Å². The molecule has 12 heteroatoms. The standard InChI is InChI=1S/C23H26N4O6S2/c1-16-5-3-4-12-26(16)35(31,32)19-9-6-17(7-10-19)22(28)24-23-25(13-14-33-2)20-11-8-18(27(29)30)15-21(20)34-23/h6-11,15-16H,3-5,12-14H2,1-2H3. The molecule has 1 amide bonds. The highest BCUT2D eigenvalue weighted by molar-refractivity contribution is 7.89. The van der Waals surface area contributed by atoms with E-state index in [4.69, 9.17) is 4.74 Å². The molecule has 10 nitrogen and oxygen atoms in total. The molecule has 1 aliphatic rings. The predicted octanol–water partition coefficient (Wildman–Crippen LogP) is 3.56. The van der Waals surface area contributed by atoms with Crippen LogP contribution in [0.25, 0.3) is 10.2 Å². The summed E-state index contributed by atoms with van der Waals surface area (Å²) in [6, 6.07) is 10.2. The summed E-state index contributed by atoms with van der Waals surface area (Å²) in [6.07, 6.45) is 2.67. The summed E-state index contributed by atoms with van der Waals surface area (Å²) in [7, 11) is -2.08. The number of hydrogen-bond donors (Lipinski definition) is 0. The highest BCUT2D eigenvalue weighted by Crippen LogP contribution is 2.26. The van der Waals surface area contributed by atoms with Crippen molar-refractivity contribution in [3.8, 4) is 0 Å². The fourth-order valence-electron chi connectivity index (χ4n) is 4.14. The number of ether oxygens (including phenoxy) is 1. The fraction of sp³-hybridized carbons (Fsp3) is 0.391. The number of amides is 1. The van der Waals surface area contributed by atoms with E-state index in [2.05, 4.69) is 4.99 Å². The molecule has 2 aromatic carbocycles. The first kappa shape index (κ1) is 25.2. The summed E-state index contributed by atoms with van der Waals surface area (Å²) in [4.78, 5) is 28.4. The van der Waals surface area contributed by atoms with Gasteiger partial charge in [-0.15, -0.1) is 0 Å². The van der Waals surface area contributed by atoms with Gasteiger partial charge in [-0.25, -0.2) is 8.42 Å². The van der Waals surface area contributed by atoms with Gasteiger partial charge in [-0.1, -0.05) is 17.8 Å². The van der Waals surface area contributed by atoms with Gasteiger partial charge in [0.1, 0.15) is 0 Å². The van der Waals surface area contributed by atoms with Crippen LogP contribution in [0.3, 0.4) is 0 Å². The van der Waals surface area contributed by atoms with E-state index in [0.29, 0.717) is 34.7 Å². The van der Waals surface area contributed by atoms with Crippen molar-refractivity contribution in [2.75, 3.05) is 20.3 Å². The number of methoxy groups -OCH3 is 1. The largest absolute Gasteiger partial charge is 0.383 e. The second-order valence-corrected chi connectivity index (χ2v) is 11.2. The zero-order valence-electron chi connectivity index (χ0n) is 19.4. The number of rotatable bonds is 7. The molecular weight excluding hydrogens is 492 g/mol. The molecule has 1 fully saturated rings. The quantitative estimate of drug-likeness (QED) is 0.348. The highest BCUT2D eigenvalue weighted by atomic mass is 32.2. The Morgan fingerprint density at radius 2 is 1.97 bits per heavy atom. The number of thiazole rings is 1. The molecule has 1 aromatic heterocycles. The van der Waals surface area contributed by atoms with E-state index in [1.165, 1.54) is 52.0 Å². The van der Waals surface area contributed by atoms with Crippen molar-refractivity contribution >= 4 is 43.2 Å². The summed E-state index contributed by atoms with van der Waals surface area (Å²) in [5.41, 5.74) is 0.911. The first-order valence-corrected chi connectivity index (χ1v) is 13.5. The Morgan fingerprint density at radius 3 is 2.63 bits per heavy atom. The maximum atomic E-state index is 13.0. The van der Waals surface area contributed by atoms with Crippen LogP contribution in [0, 0.1) is 10.1 Å². The molecular formula is C23H26N4O6S2. The predicted molar refractivity (Wildman–Crippen MR) is 132 cm³/mol. The lowest BCUT2D eigenvalue weighted by atomic mass is 10.1. The number of fused-ring (bicyclic) bond motifs is 1. The Hall–Kier alpha value is -2.93. The summed E-state index contributed by atoms with van der Waals surface area (Å²) in [6.45, 7) is 3.17. The number of non-ortho nitro benzene ring substituents is 1. The van der Waals surface area contributed by atoms with Crippen molar-refractivity contribution in [2.24, 2.45) is 4.99 Å². The molecule has 1 saturated heterocycles. The Balaban J connectivity index is 1.66. The number of benzene rings is 2. The zero-order valence-corrected chi connectivity index (χ0v) is 21.0. The molecule has 1 aliphatic heterocycles. The van der Waals surface area contributed by atoms with E-state index in [1.807, 2.05) is 6.92 Å². The highest BCUT2D eigenvalue weighted by Gasteiger charge is 2.31. The normalized spacial score (nSPS) is 17.7. The Labute approximate surface area is 206 Å². The number of nitro groups is 1. The van der Waals surface area contributed by atoms with E-state index in [1.54, 1.807) is 17.7 Å². The lowest BCUT2D eigenvalue weighted by Crippen LogP contribution is -2.41. The summed E-state index contributed by atoms with van der Waals surface area (Å²) < 4.78 is 35.2. The van der Waals surface area contributed by atoms with Crippen molar-refractivity contribution in [3.05, 3.63) is 62.9 Å². The minimum Gasteiger partial charge on any atom is -0.383 e. The van der Waals surface area contributed by atoms with Crippen LogP contribution in [0.4, 0.5) is 5.69 Å². The topological polar surface area (TPSA) is 124 Å². The number of carbonyl (C=O) groups excluding carboxylic acids is 1. The van der Waals surface area contributed by atoms with Gasteiger partial charge in [0.25, 0.3) is 11.6 Å². The van der Waals surface area contributed by atoms with Crippen molar-refractivity contribution in [2.45, 2.75) is 43.7 Å². The molecule has 1 atom stereocenters. The van der Waals surface area contributed by atoms with Crippen LogP contribution in [0.5, 0.6) is 0 Å². The van der Waals surface area contributed by atoms with Crippen LogP contribution >= 0.6 is 11.3 Å². The second-order valence-electron chi connectivity index (χ2n) is 8.34. The third-order valence-corrected chi connectivity index (χ3v) is 9.11. The van der Waals surface area contributed by atoms with Crippen LogP contribution in [-0.2, 0) is 21.3 Å². The van der Waals surface area contributed by atoms with E-state index < -0.39 is 20.9 Å². The monoisotopic (exact) mass is 518 g/mol. The van der Waals surface area contributed by atoms with Gasteiger partial charge in [0.15, 0.2) is 4.80 Å². The summed E-state index contributed by atoms with van der Waals surface area (Å²) in [5.74, 6) is -0.535. The molecule has 1 unspecified atom stereocenters. The number of carbonyl (C=O) groups is 1. The van der Waals surface area contributed by atoms with Gasteiger partial charge in [0.2, 0.25) is 10.0 Å². The van der Waals surface area contributed by atoms with Crippen molar-refractivity contribution in [1.82, 2.24) is 8.87 Å². The number of piperidine rings is 1. The van der Waals surface area contributed by atoms with Crippen molar-refractivity contribution < 1.29 is 22.9 Å². The van der Waals surface area contributed by atoms with Gasteiger partial charge in [-0.2, -0.15) is 9.30 Å². The molecule has 0 spiro atoms. The number of nitrogens with zero attached hydrogens (tertiary/aromatic N) is 4. The zero-order chi connectivity index (χ0) is 25.2. The molecule has 0 N–H and O–H groups in total. The molecule has 35 heavy (non-hydrogen) atoms. The average Bonchev–Trinajstić information content (AvgIpc) is 3.18. The number of aromatic nitrogens is 1. The minimum atomic E-state index is -3.64. The Bertz CT molecular complexity index is 1430. The van der Waals surface area contributed by atoms with E-state index in [-0.39, 0.29) is 22.2 Å². The van der Waals surface area contributed by atoms with Crippen LogP contribution in [0.15, 0.2) is 52.4 Å². The molecule has 0 saturated carbocycles. The van der Waals surface area contributed by atoms with Gasteiger partial charge in [-0.05, 0) is 50.1 Å². The van der Waals surface area contributed by atoms with Gasteiger partial charge in [0, 0.05) is 43.9 Å². The summed E-state index contributed by atoms with van der Waals surface area (Å²) in [5, 5.41) is 11.1. The third-order valence-electron chi connectivity index (χ3n) is 6.04. The molecule has 2 heterocycles. The van der Waals surface area contributed by atoms with Crippen LogP contribution in [0.2, 0.25) is 0 Å². The van der Waals surface area contributed by atoms with Gasteiger partial charge >= 0.3 is 0 Å². The van der Waals surface area contributed by atoms with Crippen LogP contribution < -0.4 is 4.80 Å². The molecule has 0 radical (unpaired) electrons. The minimum absolute atomic E-state index is 0.0460. The first-order chi connectivity index (χ1) is 16.7. The van der Waals surface area contributed by atoms with Crippen molar-refractivity contribution in [1.29, 1.82) is 0 Å². The van der Waals surface area contributed by atoms with E-state index >= 15 is 0 Å². The maximum Gasteiger partial charge on any atom is 0.279 e. The van der Waals surface area contributed by atoms with Gasteiger partial charge < -0.3 is 9.30 Å². The number of nitro benzene ring substituents is 1. The maximum absolute atomic E-state index is 13.0. The SMILES string of the molecule is COCCn1c(=NC(=O)c2ccc(S(=O)(=O)N3CCCCC3C)cc2)sc2cc([N+](=O)[O-])ccc21. The molecule has 0 bridgehead atoms. The number of sulfonamides is 1. The van der Waals surface area contributed by atoms with Crippen LogP contribution in [-0.4, -0.2) is 54.4 Å². The molecule has 4 rings (SSSR count). The van der Waals surface area contributed by atoms with E-state index in [9.17, 15) is 23.3 Å². The second kappa shape index (κ2) is 10.4. The summed E-state index contributed by atoms with van der Waals surface area (Å²) >= 11 is 1.17. The lowest BCUT2D eigenvalue weighted by Gasteiger charge is -2.32. The average molecular weight is 519 g/mol. The van der Waals surface area contributed by atoms with Crippen molar-refractivity contribution in [3.63, 3.8) is 0 Å². The lowest BCUT2D eigenvalue weighted by molar-refractivity contribution is -0.384. The number of hydrogen-bond acceptors (Lipinski definition) is 7. The Kier molecular flexibility index (Phi) is 7.45. The van der Waals surface area contributed by atoms with Gasteiger partial charge in [-0.3, -0.25) is 14.9 Å². The van der Waals surface area contributed by atoms with E-state index in [0.717, 1.165) is 19.3 Å². The smallest absolute Gasteiger partial charge is 0.279 e. The molecule has 3 aromatic rings. The molecule has 186 valence electrons. The third kappa shape index (κ3) is 5.20. The Morgan fingerprint density at radius 1 is 1.23 bits per heavy atom. The fourth-order valence-corrected chi connectivity index (χ4v) is 6.93. The molecule has 0 aliphatic carbocycles.